The summed E-state index contributed by atoms with van der Waals surface area (Å²) in [7, 11) is 0. The van der Waals surface area contributed by atoms with Crippen molar-refractivity contribution in [2.24, 2.45) is 11.5 Å². The summed E-state index contributed by atoms with van der Waals surface area (Å²) in [6, 6.07) is -1.13. The summed E-state index contributed by atoms with van der Waals surface area (Å²) < 4.78 is 10.5. The summed E-state index contributed by atoms with van der Waals surface area (Å²) in [5.41, 5.74) is 7.07. The van der Waals surface area contributed by atoms with Gasteiger partial charge in [-0.05, 0) is 67.9 Å². The van der Waals surface area contributed by atoms with Gasteiger partial charge in [0.05, 0.1) is 6.04 Å². The molecule has 0 heterocycles. The molecule has 0 bridgehead atoms. The molecule has 2 atom stereocenters. The molecule has 0 rings (SSSR count). The number of ether oxygens (including phenoxy) is 2. The Morgan fingerprint density at radius 3 is 1.86 bits per heavy atom. The van der Waals surface area contributed by atoms with Crippen LogP contribution in [0, 0.1) is 0 Å². The lowest BCUT2D eigenvalue weighted by Gasteiger charge is -2.36. The van der Waals surface area contributed by atoms with Crippen LogP contribution in [0.25, 0.3) is 0 Å². The van der Waals surface area contributed by atoms with Gasteiger partial charge in [-0.25, -0.2) is 14.5 Å². The molecule has 2 amide bonds. The van der Waals surface area contributed by atoms with Crippen molar-refractivity contribution in [2.75, 3.05) is 6.54 Å². The highest BCUT2D eigenvalue weighted by Crippen LogP contribution is 2.24. The van der Waals surface area contributed by atoms with Crippen molar-refractivity contribution >= 4 is 24.3 Å². The lowest BCUT2D eigenvalue weighted by atomic mass is 9.99. The van der Waals surface area contributed by atoms with Crippen LogP contribution in [0.5, 0.6) is 0 Å². The fourth-order valence-corrected chi connectivity index (χ4v) is 2.15. The van der Waals surface area contributed by atoms with E-state index in [0.29, 0.717) is 24.3 Å². The van der Waals surface area contributed by atoms with Crippen molar-refractivity contribution in [1.29, 1.82) is 0 Å². The van der Waals surface area contributed by atoms with E-state index in [-0.39, 0.29) is 6.42 Å². The number of carbonyl (C=O) groups excluding carboxylic acids is 4. The fraction of sp³-hybridized carbons (Fsp3) is 0.789. The first kappa shape index (κ1) is 26.0. The predicted octanol–water partition coefficient (Wildman–Crippen LogP) is 1.42. The zero-order valence-corrected chi connectivity index (χ0v) is 18.0. The van der Waals surface area contributed by atoms with Crippen LogP contribution in [0.2, 0.25) is 0 Å². The number of hydrogen-bond donors (Lipinski definition) is 2. The minimum Gasteiger partial charge on any atom is -0.458 e. The van der Waals surface area contributed by atoms with Crippen LogP contribution < -0.4 is 11.5 Å². The molecule has 0 spiro atoms. The van der Waals surface area contributed by atoms with Crippen molar-refractivity contribution in [3.8, 4) is 0 Å². The van der Waals surface area contributed by atoms with E-state index in [9.17, 15) is 19.2 Å². The second kappa shape index (κ2) is 9.97. The minimum absolute atomic E-state index is 0.221. The molecular formula is C19H34N3O6. The Morgan fingerprint density at radius 1 is 0.964 bits per heavy atom. The third-order valence-electron chi connectivity index (χ3n) is 3.53. The lowest BCUT2D eigenvalue weighted by Crippen LogP contribution is -2.63. The van der Waals surface area contributed by atoms with Gasteiger partial charge < -0.3 is 20.9 Å². The van der Waals surface area contributed by atoms with Gasteiger partial charge >= 0.3 is 12.1 Å². The molecule has 161 valence electrons. The number of amides is 2. The van der Waals surface area contributed by atoms with Crippen molar-refractivity contribution in [3.63, 3.8) is 0 Å². The van der Waals surface area contributed by atoms with Gasteiger partial charge in [-0.3, -0.25) is 9.59 Å². The molecule has 0 aromatic carbocycles. The first-order valence-corrected chi connectivity index (χ1v) is 9.24. The molecule has 0 saturated carbocycles. The van der Waals surface area contributed by atoms with Gasteiger partial charge in [0.2, 0.25) is 17.7 Å². The standard InChI is InChI=1S/C19H34N3O6/c1-17(2,3)27-15(25)19(7,12-23)22(16(26)28-18(4,5)6)14(24)13(21)10-8-9-11-20/h13H,8-11,20-21H2,1-7H3/t13-,19+/m0/s1. The Morgan fingerprint density at radius 2 is 1.46 bits per heavy atom. The van der Waals surface area contributed by atoms with E-state index in [4.69, 9.17) is 20.9 Å². The molecule has 0 fully saturated rings. The summed E-state index contributed by atoms with van der Waals surface area (Å²) in [6.45, 7) is 11.0. The van der Waals surface area contributed by atoms with Gasteiger partial charge in [0.15, 0.2) is 0 Å². The largest absolute Gasteiger partial charge is 0.458 e. The fourth-order valence-electron chi connectivity index (χ4n) is 2.15. The molecule has 9 heteroatoms. The van der Waals surface area contributed by atoms with Crippen molar-refractivity contribution in [2.45, 2.75) is 90.5 Å². The highest BCUT2D eigenvalue weighted by atomic mass is 16.6. The Hall–Kier alpha value is -2.00. The Kier molecular flexibility index (Phi) is 9.26. The molecule has 28 heavy (non-hydrogen) atoms. The van der Waals surface area contributed by atoms with Gasteiger partial charge in [-0.15, -0.1) is 0 Å². The lowest BCUT2D eigenvalue weighted by molar-refractivity contribution is -0.167. The van der Waals surface area contributed by atoms with Crippen LogP contribution >= 0.6 is 0 Å². The van der Waals surface area contributed by atoms with E-state index in [1.807, 2.05) is 0 Å². The highest BCUT2D eigenvalue weighted by Gasteiger charge is 2.51. The molecule has 0 unspecified atom stereocenters. The number of nitrogens with two attached hydrogens (primary N) is 2. The zero-order valence-electron chi connectivity index (χ0n) is 18.0. The SMILES string of the molecule is CC(C)(C)OC(=O)N(C(=O)[C@@H](N)CCCCN)[C@](C)([C]=O)C(=O)OC(C)(C)C. The average Bonchev–Trinajstić information content (AvgIpc) is 2.51. The molecule has 0 aliphatic rings. The second-order valence-electron chi connectivity index (χ2n) is 8.72. The van der Waals surface area contributed by atoms with E-state index in [2.05, 4.69) is 0 Å². The number of nitrogens with zero attached hydrogens (tertiary/aromatic N) is 1. The number of unbranched alkanes of at least 4 members (excludes halogenated alkanes) is 1. The third-order valence-corrected chi connectivity index (χ3v) is 3.53. The van der Waals surface area contributed by atoms with Crippen LogP contribution in [0.1, 0.15) is 67.7 Å². The quantitative estimate of drug-likeness (QED) is 0.354. The van der Waals surface area contributed by atoms with Gasteiger partial charge in [0.1, 0.15) is 11.2 Å². The number of carbonyl (C=O) groups is 3. The van der Waals surface area contributed by atoms with E-state index in [1.54, 1.807) is 41.5 Å². The van der Waals surface area contributed by atoms with Gasteiger partial charge in [-0.2, -0.15) is 0 Å². The molecule has 4 N–H and O–H groups in total. The summed E-state index contributed by atoms with van der Waals surface area (Å²) in [5.74, 6) is -2.04. The number of hydrogen-bond acceptors (Lipinski definition) is 8. The van der Waals surface area contributed by atoms with Crippen LogP contribution in [0.15, 0.2) is 0 Å². The number of rotatable bonds is 8. The second-order valence-corrected chi connectivity index (χ2v) is 8.72. The van der Waals surface area contributed by atoms with Crippen molar-refractivity contribution < 1.29 is 28.7 Å². The van der Waals surface area contributed by atoms with Gasteiger partial charge in [0, 0.05) is 0 Å². The summed E-state index contributed by atoms with van der Waals surface area (Å²) in [4.78, 5) is 50.5. The summed E-state index contributed by atoms with van der Waals surface area (Å²) >= 11 is 0. The van der Waals surface area contributed by atoms with Crippen molar-refractivity contribution in [3.05, 3.63) is 0 Å². The van der Waals surface area contributed by atoms with E-state index >= 15 is 0 Å². The number of esters is 1. The van der Waals surface area contributed by atoms with Gasteiger partial charge in [-0.1, -0.05) is 6.42 Å². The van der Waals surface area contributed by atoms with Crippen LogP contribution in [-0.4, -0.2) is 58.5 Å². The van der Waals surface area contributed by atoms with E-state index in [0.717, 1.165) is 6.92 Å². The number of imide groups is 1. The monoisotopic (exact) mass is 400 g/mol. The molecule has 9 nitrogen and oxygen atoms in total. The maximum absolute atomic E-state index is 12.9. The highest BCUT2D eigenvalue weighted by molar-refractivity contribution is 6.09. The van der Waals surface area contributed by atoms with Crippen LogP contribution in [0.3, 0.4) is 0 Å². The summed E-state index contributed by atoms with van der Waals surface area (Å²) in [6.07, 6.45) is 1.69. The average molecular weight is 400 g/mol. The van der Waals surface area contributed by atoms with E-state index < -0.39 is 40.8 Å². The molecule has 0 aromatic rings. The first-order chi connectivity index (χ1) is 12.6. The molecule has 0 aliphatic carbocycles. The smallest absolute Gasteiger partial charge is 0.418 e. The molecule has 0 aromatic heterocycles. The summed E-state index contributed by atoms with van der Waals surface area (Å²) in [5, 5.41) is 0. The Labute approximate surface area is 167 Å². The molecule has 0 saturated heterocycles. The zero-order chi connectivity index (χ0) is 22.3. The van der Waals surface area contributed by atoms with Crippen LogP contribution in [-0.2, 0) is 23.9 Å². The Balaban J connectivity index is 5.98. The maximum Gasteiger partial charge on any atom is 0.418 e. The van der Waals surface area contributed by atoms with Crippen molar-refractivity contribution in [1.82, 2.24) is 4.90 Å². The maximum atomic E-state index is 12.9. The minimum atomic E-state index is -2.35. The topological polar surface area (TPSA) is 142 Å². The van der Waals surface area contributed by atoms with Gasteiger partial charge in [0.25, 0.3) is 0 Å². The van der Waals surface area contributed by atoms with E-state index in [1.165, 1.54) is 6.29 Å². The molecule has 1 radical (unpaired) electrons. The Bertz CT molecular complexity index is 579. The third kappa shape index (κ3) is 7.93. The first-order valence-electron chi connectivity index (χ1n) is 9.24. The predicted molar refractivity (Wildman–Crippen MR) is 104 cm³/mol. The molecule has 0 aliphatic heterocycles. The molecular weight excluding hydrogens is 366 g/mol. The van der Waals surface area contributed by atoms with Crippen LogP contribution in [0.4, 0.5) is 4.79 Å². The normalized spacial score (nSPS) is 15.2.